The van der Waals surface area contributed by atoms with Crippen molar-refractivity contribution in [1.82, 2.24) is 4.98 Å². The molecule has 0 saturated carbocycles. The van der Waals surface area contributed by atoms with Gasteiger partial charge in [-0.15, -0.1) is 0 Å². The number of anilines is 1. The van der Waals surface area contributed by atoms with Crippen molar-refractivity contribution in [2.75, 3.05) is 19.0 Å². The zero-order chi connectivity index (χ0) is 16.9. The molecule has 0 unspecified atom stereocenters. The summed E-state index contributed by atoms with van der Waals surface area (Å²) in [5, 5.41) is 4.34. The second-order valence-electron chi connectivity index (χ2n) is 5.69. The van der Waals surface area contributed by atoms with Crippen LogP contribution in [0.4, 0.5) is 5.69 Å². The van der Waals surface area contributed by atoms with Gasteiger partial charge in [-0.2, -0.15) is 0 Å². The number of ether oxygens (including phenoxy) is 1. The van der Waals surface area contributed by atoms with Crippen LogP contribution in [-0.4, -0.2) is 24.6 Å². The topological polar surface area (TPSA) is 75.4 Å². The number of hydrogen-bond acceptors (Lipinski definition) is 2. The highest BCUT2D eigenvalue weighted by atomic mass is 16.5. The second kappa shape index (κ2) is 7.08. The van der Waals surface area contributed by atoms with Gasteiger partial charge in [0.05, 0.1) is 7.11 Å². The molecule has 1 heterocycles. The molecule has 4 N–H and O–H groups in total. The number of para-hydroxylation sites is 1. The van der Waals surface area contributed by atoms with Crippen molar-refractivity contribution in [2.24, 2.45) is 10.7 Å². The van der Waals surface area contributed by atoms with Crippen LogP contribution in [0.15, 0.2) is 53.7 Å². The van der Waals surface area contributed by atoms with Gasteiger partial charge in [0.25, 0.3) is 0 Å². The number of guanidine groups is 1. The van der Waals surface area contributed by atoms with Gasteiger partial charge < -0.3 is 20.8 Å². The minimum atomic E-state index is 0.402. The summed E-state index contributed by atoms with van der Waals surface area (Å²) in [6.07, 6.45) is 2.89. The summed E-state index contributed by atoms with van der Waals surface area (Å²) < 4.78 is 5.19. The molecule has 0 atom stereocenters. The molecule has 3 rings (SSSR count). The average Bonchev–Trinajstić information content (AvgIpc) is 3.00. The first kappa shape index (κ1) is 15.9. The third-order valence-electron chi connectivity index (χ3n) is 4.01. The number of methoxy groups -OCH3 is 1. The van der Waals surface area contributed by atoms with Gasteiger partial charge in [0.1, 0.15) is 5.75 Å². The first-order valence-electron chi connectivity index (χ1n) is 7.94. The molecule has 0 amide bonds. The van der Waals surface area contributed by atoms with Gasteiger partial charge in [-0.1, -0.05) is 24.3 Å². The largest absolute Gasteiger partial charge is 0.497 e. The number of nitrogens with one attached hydrogen (secondary N) is 2. The molecule has 124 valence electrons. The molecule has 1 aromatic heterocycles. The van der Waals surface area contributed by atoms with Gasteiger partial charge in [0, 0.05) is 35.4 Å². The molecule has 24 heavy (non-hydrogen) atoms. The number of hydrogen-bond donors (Lipinski definition) is 3. The Morgan fingerprint density at radius 3 is 2.92 bits per heavy atom. The van der Waals surface area contributed by atoms with Crippen molar-refractivity contribution in [1.29, 1.82) is 0 Å². The maximum Gasteiger partial charge on any atom is 0.193 e. The molecule has 0 fully saturated rings. The number of aromatic nitrogens is 1. The van der Waals surface area contributed by atoms with E-state index >= 15 is 0 Å². The predicted octanol–water partition coefficient (Wildman–Crippen LogP) is 3.45. The van der Waals surface area contributed by atoms with Crippen molar-refractivity contribution in [3.05, 3.63) is 59.8 Å². The molecule has 3 aromatic rings. The fourth-order valence-corrected chi connectivity index (χ4v) is 2.76. The number of aliphatic imine (C=N–C) groups is 1. The minimum Gasteiger partial charge on any atom is -0.497 e. The minimum absolute atomic E-state index is 0.402. The van der Waals surface area contributed by atoms with E-state index in [0.29, 0.717) is 12.5 Å². The van der Waals surface area contributed by atoms with Gasteiger partial charge in [0.2, 0.25) is 0 Å². The Morgan fingerprint density at radius 2 is 2.08 bits per heavy atom. The summed E-state index contributed by atoms with van der Waals surface area (Å²) in [6, 6.07) is 13.9. The number of rotatable bonds is 5. The van der Waals surface area contributed by atoms with E-state index in [0.717, 1.165) is 17.9 Å². The highest BCUT2D eigenvalue weighted by molar-refractivity contribution is 5.92. The Kier molecular flexibility index (Phi) is 4.70. The fourth-order valence-electron chi connectivity index (χ4n) is 2.76. The van der Waals surface area contributed by atoms with Crippen molar-refractivity contribution >= 4 is 22.5 Å². The zero-order valence-electron chi connectivity index (χ0n) is 14.0. The first-order valence-corrected chi connectivity index (χ1v) is 7.94. The fraction of sp³-hybridized carbons (Fsp3) is 0.211. The molecular formula is C19H22N4O. The molecule has 0 aliphatic rings. The van der Waals surface area contributed by atoms with Crippen molar-refractivity contribution < 1.29 is 4.74 Å². The summed E-state index contributed by atoms with van der Waals surface area (Å²) in [7, 11) is 1.64. The second-order valence-corrected chi connectivity index (χ2v) is 5.69. The van der Waals surface area contributed by atoms with Gasteiger partial charge in [-0.25, -0.2) is 0 Å². The lowest BCUT2D eigenvalue weighted by Gasteiger charge is -2.07. The summed E-state index contributed by atoms with van der Waals surface area (Å²) >= 11 is 0. The lowest BCUT2D eigenvalue weighted by molar-refractivity contribution is 0.415. The van der Waals surface area contributed by atoms with Gasteiger partial charge in [-0.3, -0.25) is 4.99 Å². The van der Waals surface area contributed by atoms with Crippen LogP contribution in [0.5, 0.6) is 5.75 Å². The van der Waals surface area contributed by atoms with Crippen LogP contribution < -0.4 is 15.8 Å². The van der Waals surface area contributed by atoms with E-state index in [1.54, 1.807) is 7.11 Å². The van der Waals surface area contributed by atoms with Crippen LogP contribution in [0, 0.1) is 6.92 Å². The number of nitrogens with two attached hydrogens (primary N) is 1. The molecule has 5 heteroatoms. The lowest BCUT2D eigenvalue weighted by Crippen LogP contribution is -2.23. The Labute approximate surface area is 141 Å². The summed E-state index contributed by atoms with van der Waals surface area (Å²) in [4.78, 5) is 7.75. The maximum absolute atomic E-state index is 5.96. The third-order valence-corrected chi connectivity index (χ3v) is 4.01. The van der Waals surface area contributed by atoms with Crippen LogP contribution in [0.2, 0.25) is 0 Å². The average molecular weight is 322 g/mol. The van der Waals surface area contributed by atoms with Crippen LogP contribution >= 0.6 is 0 Å². The molecule has 0 aliphatic heterocycles. The van der Waals surface area contributed by atoms with E-state index in [2.05, 4.69) is 46.6 Å². The number of aromatic amines is 1. The molecule has 0 saturated heterocycles. The van der Waals surface area contributed by atoms with E-state index in [1.807, 2.05) is 24.3 Å². The molecule has 2 aromatic carbocycles. The van der Waals surface area contributed by atoms with Crippen molar-refractivity contribution in [3.63, 3.8) is 0 Å². The molecular weight excluding hydrogens is 300 g/mol. The van der Waals surface area contributed by atoms with Crippen molar-refractivity contribution in [3.8, 4) is 5.75 Å². The molecule has 0 radical (unpaired) electrons. The van der Waals surface area contributed by atoms with Crippen LogP contribution in [-0.2, 0) is 6.42 Å². The third kappa shape index (κ3) is 3.51. The van der Waals surface area contributed by atoms with E-state index < -0.39 is 0 Å². The monoisotopic (exact) mass is 322 g/mol. The smallest absolute Gasteiger partial charge is 0.193 e. The molecule has 0 bridgehead atoms. The van der Waals surface area contributed by atoms with Gasteiger partial charge in [-0.05, 0) is 36.6 Å². The van der Waals surface area contributed by atoms with E-state index in [1.165, 1.54) is 22.0 Å². The number of fused-ring (bicyclic) bond motifs is 1. The standard InChI is InChI=1S/C19H22N4O/c1-13-5-3-8-17-14(12-22-18(13)17)9-10-21-19(20)23-15-6-4-7-16(11-15)24-2/h3-8,11-12,22H,9-10H2,1-2H3,(H3,20,21,23). The lowest BCUT2D eigenvalue weighted by atomic mass is 10.1. The van der Waals surface area contributed by atoms with Crippen LogP contribution in [0.3, 0.4) is 0 Å². The van der Waals surface area contributed by atoms with Crippen LogP contribution in [0.25, 0.3) is 10.9 Å². The van der Waals surface area contributed by atoms with E-state index in [-0.39, 0.29) is 0 Å². The van der Waals surface area contributed by atoms with E-state index in [9.17, 15) is 0 Å². The Hall–Kier alpha value is -2.95. The molecule has 5 nitrogen and oxygen atoms in total. The Balaban J connectivity index is 1.63. The normalized spacial score (nSPS) is 11.7. The summed E-state index contributed by atoms with van der Waals surface area (Å²) in [5.41, 5.74) is 10.5. The maximum atomic E-state index is 5.96. The summed E-state index contributed by atoms with van der Waals surface area (Å²) in [6.45, 7) is 2.74. The highest BCUT2D eigenvalue weighted by Crippen LogP contribution is 2.21. The number of benzene rings is 2. The molecule has 0 spiro atoms. The van der Waals surface area contributed by atoms with Gasteiger partial charge >= 0.3 is 0 Å². The Morgan fingerprint density at radius 1 is 1.25 bits per heavy atom. The predicted molar refractivity (Wildman–Crippen MR) is 99.8 cm³/mol. The molecule has 0 aliphatic carbocycles. The quantitative estimate of drug-likeness (QED) is 0.497. The van der Waals surface area contributed by atoms with E-state index in [4.69, 9.17) is 10.5 Å². The number of H-pyrrole nitrogens is 1. The first-order chi connectivity index (χ1) is 11.7. The SMILES string of the molecule is COc1cccc(NC(N)=NCCc2c[nH]c3c(C)cccc23)c1. The Bertz CT molecular complexity index is 867. The number of aryl methyl sites for hydroxylation is 1. The highest BCUT2D eigenvalue weighted by Gasteiger charge is 2.05. The van der Waals surface area contributed by atoms with Crippen LogP contribution in [0.1, 0.15) is 11.1 Å². The van der Waals surface area contributed by atoms with Crippen molar-refractivity contribution in [2.45, 2.75) is 13.3 Å². The van der Waals surface area contributed by atoms with Gasteiger partial charge in [0.15, 0.2) is 5.96 Å². The summed E-state index contributed by atoms with van der Waals surface area (Å²) in [5.74, 6) is 1.18. The number of nitrogens with zero attached hydrogens (tertiary/aromatic N) is 1. The zero-order valence-corrected chi connectivity index (χ0v) is 14.0.